The van der Waals surface area contributed by atoms with Crippen molar-refractivity contribution in [2.75, 3.05) is 5.32 Å². The maximum absolute atomic E-state index is 12.4. The first-order valence-corrected chi connectivity index (χ1v) is 11.6. The lowest BCUT2D eigenvalue weighted by Crippen LogP contribution is -2.18. The first-order chi connectivity index (χ1) is 15.4. The Morgan fingerprint density at radius 3 is 2.69 bits per heavy atom. The van der Waals surface area contributed by atoms with Gasteiger partial charge in [-0.3, -0.25) is 10.1 Å². The maximum Gasteiger partial charge on any atom is 0.412 e. The van der Waals surface area contributed by atoms with Gasteiger partial charge in [-0.25, -0.2) is 14.8 Å². The number of fused-ring (bicyclic) bond motifs is 1. The van der Waals surface area contributed by atoms with Crippen LogP contribution >= 0.6 is 34.3 Å². The average Bonchev–Trinajstić information content (AvgIpc) is 3.05. The van der Waals surface area contributed by atoms with Crippen molar-refractivity contribution < 1.29 is 24.0 Å². The molecule has 1 fully saturated rings. The summed E-state index contributed by atoms with van der Waals surface area (Å²) in [4.78, 5) is 34.2. The summed E-state index contributed by atoms with van der Waals surface area (Å²) >= 11 is 8.66. The molecule has 32 heavy (non-hydrogen) atoms. The number of amides is 1. The van der Waals surface area contributed by atoms with Gasteiger partial charge in [0.2, 0.25) is 5.76 Å². The van der Waals surface area contributed by atoms with Gasteiger partial charge in [0.15, 0.2) is 14.7 Å². The van der Waals surface area contributed by atoms with Crippen LogP contribution < -0.4 is 5.32 Å². The summed E-state index contributed by atoms with van der Waals surface area (Å²) in [5, 5.41) is 17.4. The van der Waals surface area contributed by atoms with Gasteiger partial charge in [-0.05, 0) is 25.8 Å². The van der Waals surface area contributed by atoms with Crippen LogP contribution in [-0.2, 0) is 14.9 Å². The van der Waals surface area contributed by atoms with Crippen LogP contribution in [0.5, 0.6) is 0 Å². The fourth-order valence-corrected chi connectivity index (χ4v) is 5.80. The third-order valence-corrected chi connectivity index (χ3v) is 7.75. The van der Waals surface area contributed by atoms with E-state index in [0.29, 0.717) is 48.8 Å². The predicted molar refractivity (Wildman–Crippen MR) is 119 cm³/mol. The van der Waals surface area contributed by atoms with Gasteiger partial charge in [0, 0.05) is 10.6 Å². The molecule has 1 aromatic carbocycles. The number of anilines is 1. The molecule has 1 saturated carbocycles. The Labute approximate surface area is 194 Å². The summed E-state index contributed by atoms with van der Waals surface area (Å²) in [6.07, 6.45) is 1.26. The minimum absolute atomic E-state index is 0.267. The van der Waals surface area contributed by atoms with Gasteiger partial charge in [-0.1, -0.05) is 57.6 Å². The average molecular weight is 491 g/mol. The van der Waals surface area contributed by atoms with Gasteiger partial charge >= 0.3 is 12.1 Å². The Balaban J connectivity index is 1.33. The lowest BCUT2D eigenvalue weighted by Gasteiger charge is -2.15. The summed E-state index contributed by atoms with van der Waals surface area (Å²) in [6, 6.07) is 7.11. The van der Waals surface area contributed by atoms with Crippen LogP contribution in [0.2, 0.25) is 5.02 Å². The molecule has 1 amide bonds. The zero-order chi connectivity index (χ0) is 22.5. The first-order valence-electron chi connectivity index (χ1n) is 9.56. The number of carboxylic acid groups (broad SMARTS) is 1. The van der Waals surface area contributed by atoms with Crippen LogP contribution in [0.15, 0.2) is 35.0 Å². The SMILES string of the molecule is CC(OC(=O)Nc1cnoc1-c1nc2sc(C3(C(=O)O)CC3)nc2s1)c1ccccc1Cl. The van der Waals surface area contributed by atoms with Gasteiger partial charge in [-0.2, -0.15) is 0 Å². The first kappa shape index (κ1) is 20.9. The van der Waals surface area contributed by atoms with E-state index in [1.807, 2.05) is 6.07 Å². The Bertz CT molecular complexity index is 1310. The number of thiazole rings is 2. The van der Waals surface area contributed by atoms with Gasteiger partial charge in [-0.15, -0.1) is 0 Å². The molecular weight excluding hydrogens is 476 g/mol. The van der Waals surface area contributed by atoms with Crippen molar-refractivity contribution in [3.8, 4) is 10.8 Å². The molecule has 0 spiro atoms. The number of nitrogens with one attached hydrogen (secondary N) is 1. The Morgan fingerprint density at radius 1 is 1.25 bits per heavy atom. The van der Waals surface area contributed by atoms with Gasteiger partial charge < -0.3 is 14.4 Å². The fraction of sp³-hybridized carbons (Fsp3) is 0.250. The summed E-state index contributed by atoms with van der Waals surface area (Å²) in [7, 11) is 0. The molecule has 5 rings (SSSR count). The Kier molecular flexibility index (Phi) is 5.11. The third kappa shape index (κ3) is 3.61. The lowest BCUT2D eigenvalue weighted by atomic mass is 10.1. The molecule has 4 aromatic rings. The Morgan fingerprint density at radius 2 is 2.00 bits per heavy atom. The van der Waals surface area contributed by atoms with Crippen LogP contribution in [0.1, 0.15) is 36.4 Å². The molecule has 0 radical (unpaired) electrons. The second-order valence-corrected chi connectivity index (χ2v) is 9.66. The molecule has 0 saturated heterocycles. The van der Waals surface area contributed by atoms with Crippen LogP contribution in [0.25, 0.3) is 20.4 Å². The highest BCUT2D eigenvalue weighted by atomic mass is 35.5. The van der Waals surface area contributed by atoms with Crippen LogP contribution in [0.3, 0.4) is 0 Å². The number of halogens is 1. The molecular formula is C20H15ClN4O5S2. The normalized spacial score (nSPS) is 15.4. The molecule has 0 aliphatic heterocycles. The highest BCUT2D eigenvalue weighted by Crippen LogP contribution is 2.51. The number of aromatic nitrogens is 3. The summed E-state index contributed by atoms with van der Waals surface area (Å²) < 4.78 is 10.7. The summed E-state index contributed by atoms with van der Waals surface area (Å²) in [6.45, 7) is 1.72. The highest BCUT2D eigenvalue weighted by molar-refractivity contribution is 7.28. The van der Waals surface area contributed by atoms with Crippen molar-refractivity contribution in [2.45, 2.75) is 31.3 Å². The molecule has 2 N–H and O–H groups in total. The smallest absolute Gasteiger partial charge is 0.412 e. The molecule has 9 nitrogen and oxygen atoms in total. The van der Waals surface area contributed by atoms with E-state index in [2.05, 4.69) is 20.4 Å². The van der Waals surface area contributed by atoms with E-state index in [0.717, 1.165) is 0 Å². The van der Waals surface area contributed by atoms with E-state index < -0.39 is 23.6 Å². The van der Waals surface area contributed by atoms with Crippen molar-refractivity contribution in [3.05, 3.63) is 46.1 Å². The lowest BCUT2D eigenvalue weighted by molar-refractivity contribution is -0.140. The van der Waals surface area contributed by atoms with Crippen molar-refractivity contribution >= 4 is 61.7 Å². The molecule has 164 valence electrons. The monoisotopic (exact) mass is 490 g/mol. The number of hydrogen-bond acceptors (Lipinski definition) is 9. The standard InChI is InChI=1S/C20H15ClN4O5S2/c1-9(10-4-2-3-5-11(10)21)29-19(28)23-12-8-22-30-13(12)14-24-15-16(31-14)25-17(32-15)20(6-7-20)18(26)27/h2-5,8-9H,6-7H2,1H3,(H,23,28)(H,26,27). The molecule has 3 aromatic heterocycles. The summed E-state index contributed by atoms with van der Waals surface area (Å²) in [5.74, 6) is -0.589. The van der Waals surface area contributed by atoms with Gasteiger partial charge in [0.1, 0.15) is 22.2 Å². The number of carboxylic acids is 1. The van der Waals surface area contributed by atoms with E-state index in [1.54, 1.807) is 25.1 Å². The van der Waals surface area contributed by atoms with Crippen LogP contribution in [-0.4, -0.2) is 32.3 Å². The zero-order valence-corrected chi connectivity index (χ0v) is 18.9. The number of rotatable bonds is 6. The summed E-state index contributed by atoms with van der Waals surface area (Å²) in [5.41, 5.74) is 0.116. The molecule has 3 heterocycles. The number of hydrogen-bond donors (Lipinski definition) is 2. The van der Waals surface area contributed by atoms with E-state index in [4.69, 9.17) is 20.9 Å². The number of aliphatic carboxylic acids is 1. The topological polar surface area (TPSA) is 127 Å². The van der Waals surface area contributed by atoms with E-state index >= 15 is 0 Å². The molecule has 12 heteroatoms. The zero-order valence-electron chi connectivity index (χ0n) is 16.5. The quantitative estimate of drug-likeness (QED) is 0.363. The highest BCUT2D eigenvalue weighted by Gasteiger charge is 2.54. The maximum atomic E-state index is 12.4. The molecule has 1 aliphatic rings. The van der Waals surface area contributed by atoms with Crippen LogP contribution in [0, 0.1) is 0 Å². The number of carbonyl (C=O) groups is 2. The van der Waals surface area contributed by atoms with Crippen molar-refractivity contribution in [1.82, 2.24) is 15.1 Å². The minimum atomic E-state index is -0.869. The van der Waals surface area contributed by atoms with Crippen molar-refractivity contribution in [2.24, 2.45) is 0 Å². The molecule has 1 unspecified atom stereocenters. The van der Waals surface area contributed by atoms with E-state index in [9.17, 15) is 14.7 Å². The van der Waals surface area contributed by atoms with Crippen molar-refractivity contribution in [3.63, 3.8) is 0 Å². The number of benzene rings is 1. The van der Waals surface area contributed by atoms with E-state index in [-0.39, 0.29) is 5.76 Å². The largest absolute Gasteiger partial charge is 0.481 e. The second kappa shape index (κ2) is 7.84. The third-order valence-electron chi connectivity index (χ3n) is 5.17. The van der Waals surface area contributed by atoms with Crippen molar-refractivity contribution in [1.29, 1.82) is 0 Å². The minimum Gasteiger partial charge on any atom is -0.481 e. The fourth-order valence-electron chi connectivity index (χ4n) is 3.24. The number of ether oxygens (including phenoxy) is 1. The predicted octanol–water partition coefficient (Wildman–Crippen LogP) is 5.49. The van der Waals surface area contributed by atoms with Crippen LogP contribution in [0.4, 0.5) is 10.5 Å². The number of nitrogens with zero attached hydrogens (tertiary/aromatic N) is 3. The van der Waals surface area contributed by atoms with E-state index in [1.165, 1.54) is 28.9 Å². The number of carbonyl (C=O) groups excluding carboxylic acids is 1. The van der Waals surface area contributed by atoms with Gasteiger partial charge in [0.25, 0.3) is 0 Å². The second-order valence-electron chi connectivity index (χ2n) is 7.30. The Hall–Kier alpha value is -3.02. The van der Waals surface area contributed by atoms with Gasteiger partial charge in [0.05, 0.1) is 6.20 Å². The molecule has 1 aliphatic carbocycles. The molecule has 1 atom stereocenters. The molecule has 0 bridgehead atoms.